The van der Waals surface area contributed by atoms with Crippen LogP contribution in [0.5, 0.6) is 0 Å². The second kappa shape index (κ2) is 8.43. The molecular weight excluding hydrogens is 318 g/mol. The normalized spacial score (nSPS) is 13.7. The van der Waals surface area contributed by atoms with Crippen LogP contribution >= 0.6 is 0 Å². The molecule has 0 radical (unpaired) electrons. The topological polar surface area (TPSA) is 79.4 Å². The highest BCUT2D eigenvalue weighted by molar-refractivity contribution is 6.02. The number of amides is 1. The molecule has 0 bridgehead atoms. The number of aromatic nitrogens is 2. The molecule has 2 aromatic rings. The molecule has 7 nitrogen and oxygen atoms in total. The molecule has 7 heteroatoms. The average molecular weight is 341 g/mol. The van der Waals surface area contributed by atoms with Gasteiger partial charge in [0.25, 0.3) is 5.91 Å². The lowest BCUT2D eigenvalue weighted by molar-refractivity contribution is 0.102. The highest BCUT2D eigenvalue weighted by Gasteiger charge is 2.13. The van der Waals surface area contributed by atoms with E-state index in [0.717, 1.165) is 18.8 Å². The van der Waals surface area contributed by atoms with E-state index in [-0.39, 0.29) is 11.6 Å². The molecule has 2 heterocycles. The van der Waals surface area contributed by atoms with E-state index in [1.165, 1.54) is 18.5 Å². The van der Waals surface area contributed by atoms with Gasteiger partial charge in [0.15, 0.2) is 5.69 Å². The zero-order valence-corrected chi connectivity index (χ0v) is 14.4. The number of methoxy groups -OCH3 is 1. The number of hydrogen-bond donors (Lipinski definition) is 2. The molecule has 1 fully saturated rings. The highest BCUT2D eigenvalue weighted by Crippen LogP contribution is 2.22. The van der Waals surface area contributed by atoms with Crippen molar-refractivity contribution in [1.82, 2.24) is 10.2 Å². The van der Waals surface area contributed by atoms with Gasteiger partial charge in [0, 0.05) is 38.1 Å². The van der Waals surface area contributed by atoms with E-state index in [1.54, 1.807) is 19.2 Å². The van der Waals surface area contributed by atoms with Crippen LogP contribution in [0.2, 0.25) is 0 Å². The third kappa shape index (κ3) is 4.67. The summed E-state index contributed by atoms with van der Waals surface area (Å²) in [4.78, 5) is 14.6. The van der Waals surface area contributed by atoms with Gasteiger partial charge in [-0.15, -0.1) is 10.2 Å². The minimum Gasteiger partial charge on any atom is -0.383 e. The van der Waals surface area contributed by atoms with Crippen molar-refractivity contribution in [3.05, 3.63) is 42.1 Å². The highest BCUT2D eigenvalue weighted by atomic mass is 16.5. The predicted molar refractivity (Wildman–Crippen MR) is 98.2 cm³/mol. The number of ether oxygens (including phenoxy) is 1. The molecule has 0 spiro atoms. The molecule has 1 aliphatic rings. The Morgan fingerprint density at radius 1 is 1.12 bits per heavy atom. The zero-order chi connectivity index (χ0) is 17.5. The molecule has 25 heavy (non-hydrogen) atoms. The van der Waals surface area contributed by atoms with Gasteiger partial charge in [-0.3, -0.25) is 4.79 Å². The molecule has 0 atom stereocenters. The summed E-state index contributed by atoms with van der Waals surface area (Å²) in [7, 11) is 1.64. The maximum absolute atomic E-state index is 12.3. The van der Waals surface area contributed by atoms with Crippen molar-refractivity contribution in [2.75, 3.05) is 48.9 Å². The smallest absolute Gasteiger partial charge is 0.276 e. The minimum absolute atomic E-state index is 0.273. The summed E-state index contributed by atoms with van der Waals surface area (Å²) in [5.74, 6) is 0.341. The SMILES string of the molecule is COCCNc1ccc(C(=O)Nc2ccc(N3CCCC3)cc2)nn1. The van der Waals surface area contributed by atoms with Crippen LogP contribution in [-0.2, 0) is 4.74 Å². The van der Waals surface area contributed by atoms with Crippen LogP contribution in [-0.4, -0.2) is 49.5 Å². The fourth-order valence-corrected chi connectivity index (χ4v) is 2.75. The Balaban J connectivity index is 1.56. The minimum atomic E-state index is -0.273. The second-order valence-electron chi connectivity index (χ2n) is 5.92. The lowest BCUT2D eigenvalue weighted by atomic mass is 10.2. The van der Waals surface area contributed by atoms with Crippen LogP contribution in [0, 0.1) is 0 Å². The second-order valence-corrected chi connectivity index (χ2v) is 5.92. The Hall–Kier alpha value is -2.67. The first-order valence-corrected chi connectivity index (χ1v) is 8.49. The first-order valence-electron chi connectivity index (χ1n) is 8.49. The lowest BCUT2D eigenvalue weighted by Gasteiger charge is -2.17. The van der Waals surface area contributed by atoms with Gasteiger partial charge in [0.05, 0.1) is 6.61 Å². The molecule has 1 amide bonds. The van der Waals surface area contributed by atoms with Crippen molar-refractivity contribution in [1.29, 1.82) is 0 Å². The first kappa shape index (κ1) is 17.2. The van der Waals surface area contributed by atoms with E-state index in [4.69, 9.17) is 4.74 Å². The lowest BCUT2D eigenvalue weighted by Crippen LogP contribution is -2.18. The van der Waals surface area contributed by atoms with Crippen LogP contribution < -0.4 is 15.5 Å². The predicted octanol–water partition coefficient (Wildman–Crippen LogP) is 2.39. The van der Waals surface area contributed by atoms with Crippen LogP contribution in [0.15, 0.2) is 36.4 Å². The van der Waals surface area contributed by atoms with Gasteiger partial charge < -0.3 is 20.3 Å². The summed E-state index contributed by atoms with van der Waals surface area (Å²) in [5, 5.41) is 13.9. The third-order valence-corrected chi connectivity index (χ3v) is 4.11. The quantitative estimate of drug-likeness (QED) is 0.753. The van der Waals surface area contributed by atoms with E-state index in [2.05, 4.69) is 25.7 Å². The number of carbonyl (C=O) groups excluding carboxylic acids is 1. The van der Waals surface area contributed by atoms with E-state index in [1.807, 2.05) is 24.3 Å². The molecule has 1 saturated heterocycles. The molecule has 132 valence electrons. The molecule has 3 rings (SSSR count). The van der Waals surface area contributed by atoms with Crippen molar-refractivity contribution in [3.63, 3.8) is 0 Å². The Morgan fingerprint density at radius 3 is 2.52 bits per heavy atom. The van der Waals surface area contributed by atoms with Crippen molar-refractivity contribution < 1.29 is 9.53 Å². The summed E-state index contributed by atoms with van der Waals surface area (Å²) >= 11 is 0. The Kier molecular flexibility index (Phi) is 5.79. The van der Waals surface area contributed by atoms with Crippen LogP contribution in [0.1, 0.15) is 23.3 Å². The number of carbonyl (C=O) groups is 1. The van der Waals surface area contributed by atoms with Crippen LogP contribution in [0.4, 0.5) is 17.2 Å². The third-order valence-electron chi connectivity index (χ3n) is 4.11. The summed E-state index contributed by atoms with van der Waals surface area (Å²) < 4.78 is 4.95. The molecule has 1 aromatic carbocycles. The number of nitrogens with zero attached hydrogens (tertiary/aromatic N) is 3. The van der Waals surface area contributed by atoms with Crippen LogP contribution in [0.3, 0.4) is 0 Å². The number of rotatable bonds is 7. The molecule has 0 saturated carbocycles. The zero-order valence-electron chi connectivity index (χ0n) is 14.4. The maximum Gasteiger partial charge on any atom is 0.276 e. The summed E-state index contributed by atoms with van der Waals surface area (Å²) in [6.45, 7) is 3.43. The fraction of sp³-hybridized carbons (Fsp3) is 0.389. The summed E-state index contributed by atoms with van der Waals surface area (Å²) in [6, 6.07) is 11.3. The van der Waals surface area contributed by atoms with Gasteiger partial charge in [-0.25, -0.2) is 0 Å². The van der Waals surface area contributed by atoms with Gasteiger partial charge in [-0.05, 0) is 49.2 Å². The van der Waals surface area contributed by atoms with Gasteiger partial charge in [0.2, 0.25) is 0 Å². The number of hydrogen-bond acceptors (Lipinski definition) is 6. The molecule has 1 aliphatic heterocycles. The maximum atomic E-state index is 12.3. The van der Waals surface area contributed by atoms with Crippen molar-refractivity contribution >= 4 is 23.1 Å². The van der Waals surface area contributed by atoms with Crippen molar-refractivity contribution in [2.45, 2.75) is 12.8 Å². The first-order chi connectivity index (χ1) is 12.3. The van der Waals surface area contributed by atoms with Gasteiger partial charge in [0.1, 0.15) is 5.82 Å². The van der Waals surface area contributed by atoms with E-state index in [0.29, 0.717) is 19.0 Å². The van der Waals surface area contributed by atoms with Crippen molar-refractivity contribution in [2.24, 2.45) is 0 Å². The molecular formula is C18H23N5O2. The Bertz CT molecular complexity index is 682. The largest absolute Gasteiger partial charge is 0.383 e. The summed E-state index contributed by atoms with van der Waals surface area (Å²) in [5.41, 5.74) is 2.22. The Morgan fingerprint density at radius 2 is 1.88 bits per heavy atom. The average Bonchev–Trinajstić information content (AvgIpc) is 3.18. The Labute approximate surface area is 147 Å². The molecule has 1 aromatic heterocycles. The summed E-state index contributed by atoms with van der Waals surface area (Å²) in [6.07, 6.45) is 2.49. The molecule has 0 aliphatic carbocycles. The fourth-order valence-electron chi connectivity index (χ4n) is 2.75. The number of anilines is 3. The van der Waals surface area contributed by atoms with Gasteiger partial charge >= 0.3 is 0 Å². The van der Waals surface area contributed by atoms with Crippen molar-refractivity contribution in [3.8, 4) is 0 Å². The molecule has 2 N–H and O–H groups in total. The van der Waals surface area contributed by atoms with Gasteiger partial charge in [-0.1, -0.05) is 0 Å². The monoisotopic (exact) mass is 341 g/mol. The number of nitrogens with one attached hydrogen (secondary N) is 2. The number of benzene rings is 1. The van der Waals surface area contributed by atoms with E-state index >= 15 is 0 Å². The molecule has 0 unspecified atom stereocenters. The van der Waals surface area contributed by atoms with E-state index < -0.39 is 0 Å². The standard InChI is InChI=1S/C18H23N5O2/c1-25-13-10-19-17-9-8-16(21-22-17)18(24)20-14-4-6-15(7-5-14)23-11-2-3-12-23/h4-9H,2-3,10-13H2,1H3,(H,19,22)(H,20,24). The van der Waals surface area contributed by atoms with Crippen LogP contribution in [0.25, 0.3) is 0 Å². The van der Waals surface area contributed by atoms with Gasteiger partial charge in [-0.2, -0.15) is 0 Å². The van der Waals surface area contributed by atoms with E-state index in [9.17, 15) is 4.79 Å².